The highest BCUT2D eigenvalue weighted by molar-refractivity contribution is 5.68. The molecule has 1 atom stereocenters. The van der Waals surface area contributed by atoms with Crippen LogP contribution < -0.4 is 4.90 Å². The van der Waals surface area contributed by atoms with E-state index in [9.17, 15) is 13.6 Å². The van der Waals surface area contributed by atoms with E-state index in [1.54, 1.807) is 4.90 Å². The lowest BCUT2D eigenvalue weighted by Gasteiger charge is -2.40. The Morgan fingerprint density at radius 1 is 1.35 bits per heavy atom. The van der Waals surface area contributed by atoms with Crippen molar-refractivity contribution in [3.8, 4) is 0 Å². The minimum atomic E-state index is -2.63. The molecule has 1 aliphatic rings. The zero-order valence-electron chi connectivity index (χ0n) is 13.8. The molecule has 0 radical (unpaired) electrons. The summed E-state index contributed by atoms with van der Waals surface area (Å²) < 4.78 is 30.9. The van der Waals surface area contributed by atoms with E-state index in [0.29, 0.717) is 25.5 Å². The first-order valence-electron chi connectivity index (χ1n) is 7.52. The molecule has 0 bridgehead atoms. The molecule has 0 saturated carbocycles. The lowest BCUT2D eigenvalue weighted by atomic mass is 10.2. The van der Waals surface area contributed by atoms with Crippen molar-refractivity contribution in [3.63, 3.8) is 0 Å². The standard InChI is InChI=1S/C15H22F2N4O2/c1-10-8-20(14(22)23-15(2,3)4)5-6-21(10)12-7-11(13(16)17)18-9-19-12/h7,9-10,13H,5-6,8H2,1-4H3/t10-/m1/s1. The smallest absolute Gasteiger partial charge is 0.410 e. The topological polar surface area (TPSA) is 58.6 Å². The summed E-state index contributed by atoms with van der Waals surface area (Å²) in [5, 5.41) is 0. The summed E-state index contributed by atoms with van der Waals surface area (Å²) in [7, 11) is 0. The van der Waals surface area contributed by atoms with Gasteiger partial charge in [0.15, 0.2) is 0 Å². The molecule has 0 N–H and O–H groups in total. The highest BCUT2D eigenvalue weighted by atomic mass is 19.3. The second kappa shape index (κ2) is 6.64. The summed E-state index contributed by atoms with van der Waals surface area (Å²) in [5.41, 5.74) is -0.840. The number of aromatic nitrogens is 2. The summed E-state index contributed by atoms with van der Waals surface area (Å²) in [6.45, 7) is 8.77. The van der Waals surface area contributed by atoms with Crippen molar-refractivity contribution in [1.29, 1.82) is 0 Å². The van der Waals surface area contributed by atoms with Gasteiger partial charge in [-0.05, 0) is 27.7 Å². The van der Waals surface area contributed by atoms with Crippen LogP contribution in [0.1, 0.15) is 39.8 Å². The first kappa shape index (κ1) is 17.4. The molecule has 6 nitrogen and oxygen atoms in total. The highest BCUT2D eigenvalue weighted by Gasteiger charge is 2.30. The molecule has 2 rings (SSSR count). The van der Waals surface area contributed by atoms with E-state index < -0.39 is 12.0 Å². The van der Waals surface area contributed by atoms with Crippen molar-refractivity contribution in [2.45, 2.75) is 45.8 Å². The highest BCUT2D eigenvalue weighted by Crippen LogP contribution is 2.23. The van der Waals surface area contributed by atoms with Crippen LogP contribution in [0, 0.1) is 0 Å². The number of nitrogens with zero attached hydrogens (tertiary/aromatic N) is 4. The lowest BCUT2D eigenvalue weighted by Crippen LogP contribution is -2.54. The molecule has 0 unspecified atom stereocenters. The number of rotatable bonds is 2. The average molecular weight is 328 g/mol. The molecule has 8 heteroatoms. The maximum absolute atomic E-state index is 12.8. The zero-order chi connectivity index (χ0) is 17.2. The normalized spacial score (nSPS) is 19.2. The Morgan fingerprint density at radius 3 is 2.61 bits per heavy atom. The second-order valence-corrected chi connectivity index (χ2v) is 6.57. The molecule has 23 heavy (non-hydrogen) atoms. The molecule has 128 valence electrons. The molecule has 1 aliphatic heterocycles. The third kappa shape index (κ3) is 4.49. The van der Waals surface area contributed by atoms with Crippen LogP contribution in [0.25, 0.3) is 0 Å². The van der Waals surface area contributed by atoms with Gasteiger partial charge in [0.05, 0.1) is 0 Å². The fourth-order valence-corrected chi connectivity index (χ4v) is 2.43. The number of halogens is 2. The third-order valence-corrected chi connectivity index (χ3v) is 3.47. The van der Waals surface area contributed by atoms with E-state index in [1.807, 2.05) is 32.6 Å². The van der Waals surface area contributed by atoms with Crippen molar-refractivity contribution in [2.75, 3.05) is 24.5 Å². The molecular formula is C15H22F2N4O2. The predicted octanol–water partition coefficient (Wildman–Crippen LogP) is 2.86. The van der Waals surface area contributed by atoms with Crippen LogP contribution in [-0.2, 0) is 4.74 Å². The average Bonchev–Trinajstić information content (AvgIpc) is 2.45. The molecule has 1 fully saturated rings. The molecular weight excluding hydrogens is 306 g/mol. The van der Waals surface area contributed by atoms with Crippen LogP contribution in [0.2, 0.25) is 0 Å². The fraction of sp³-hybridized carbons (Fsp3) is 0.667. The van der Waals surface area contributed by atoms with Gasteiger partial charge in [-0.15, -0.1) is 0 Å². The number of carbonyl (C=O) groups is 1. The van der Waals surface area contributed by atoms with Gasteiger partial charge in [0.25, 0.3) is 6.43 Å². The fourth-order valence-electron chi connectivity index (χ4n) is 2.43. The van der Waals surface area contributed by atoms with Gasteiger partial charge in [0.1, 0.15) is 23.4 Å². The molecule has 1 aromatic rings. The first-order valence-corrected chi connectivity index (χ1v) is 7.52. The number of amides is 1. The summed E-state index contributed by atoms with van der Waals surface area (Å²) in [6, 6.07) is 1.24. The van der Waals surface area contributed by atoms with Gasteiger partial charge in [-0.3, -0.25) is 0 Å². The Bertz CT molecular complexity index is 563. The number of alkyl halides is 2. The predicted molar refractivity (Wildman–Crippen MR) is 81.6 cm³/mol. The maximum atomic E-state index is 12.8. The van der Waals surface area contributed by atoms with Crippen LogP contribution >= 0.6 is 0 Å². The Balaban J connectivity index is 2.04. The Hall–Kier alpha value is -1.99. The van der Waals surface area contributed by atoms with E-state index in [0.717, 1.165) is 6.33 Å². The van der Waals surface area contributed by atoms with E-state index in [1.165, 1.54) is 6.07 Å². The molecule has 0 spiro atoms. The van der Waals surface area contributed by atoms with E-state index in [4.69, 9.17) is 4.74 Å². The van der Waals surface area contributed by atoms with Gasteiger partial charge in [0.2, 0.25) is 0 Å². The van der Waals surface area contributed by atoms with Gasteiger partial charge >= 0.3 is 6.09 Å². The monoisotopic (exact) mass is 328 g/mol. The van der Waals surface area contributed by atoms with E-state index >= 15 is 0 Å². The van der Waals surface area contributed by atoms with Crippen molar-refractivity contribution in [1.82, 2.24) is 14.9 Å². The van der Waals surface area contributed by atoms with Crippen LogP contribution in [0.15, 0.2) is 12.4 Å². The molecule has 0 aromatic carbocycles. The number of anilines is 1. The molecule has 1 aromatic heterocycles. The van der Waals surface area contributed by atoms with Gasteiger partial charge in [-0.25, -0.2) is 23.5 Å². The Morgan fingerprint density at radius 2 is 2.04 bits per heavy atom. The van der Waals surface area contributed by atoms with Crippen molar-refractivity contribution >= 4 is 11.9 Å². The molecule has 1 amide bonds. The number of piperazine rings is 1. The van der Waals surface area contributed by atoms with Crippen molar-refractivity contribution < 1.29 is 18.3 Å². The summed E-state index contributed by atoms with van der Waals surface area (Å²) in [4.78, 5) is 23.3. The minimum absolute atomic E-state index is 0.0586. The SMILES string of the molecule is C[C@@H]1CN(C(=O)OC(C)(C)C)CCN1c1cc(C(F)F)ncn1. The van der Waals surface area contributed by atoms with E-state index in [2.05, 4.69) is 9.97 Å². The summed E-state index contributed by atoms with van der Waals surface area (Å²) >= 11 is 0. The summed E-state index contributed by atoms with van der Waals surface area (Å²) in [6.07, 6.45) is -1.85. The number of ether oxygens (including phenoxy) is 1. The molecule has 1 saturated heterocycles. The Kier molecular flexibility index (Phi) is 5.01. The number of hydrogen-bond acceptors (Lipinski definition) is 5. The lowest BCUT2D eigenvalue weighted by molar-refractivity contribution is 0.0218. The number of carbonyl (C=O) groups excluding carboxylic acids is 1. The van der Waals surface area contributed by atoms with Gasteiger partial charge < -0.3 is 14.5 Å². The Labute approximate surface area is 134 Å². The summed E-state index contributed by atoms with van der Waals surface area (Å²) in [5.74, 6) is 0.451. The van der Waals surface area contributed by atoms with Crippen LogP contribution in [-0.4, -0.2) is 52.2 Å². The van der Waals surface area contributed by atoms with Gasteiger partial charge in [0, 0.05) is 31.7 Å². The molecule has 2 heterocycles. The first-order chi connectivity index (χ1) is 10.7. The third-order valence-electron chi connectivity index (χ3n) is 3.47. The van der Waals surface area contributed by atoms with E-state index in [-0.39, 0.29) is 17.8 Å². The molecule has 0 aliphatic carbocycles. The van der Waals surface area contributed by atoms with Crippen molar-refractivity contribution in [3.05, 3.63) is 18.1 Å². The second-order valence-electron chi connectivity index (χ2n) is 6.57. The maximum Gasteiger partial charge on any atom is 0.410 e. The van der Waals surface area contributed by atoms with Crippen LogP contribution in [0.5, 0.6) is 0 Å². The van der Waals surface area contributed by atoms with Gasteiger partial charge in [-0.1, -0.05) is 0 Å². The van der Waals surface area contributed by atoms with Gasteiger partial charge in [-0.2, -0.15) is 0 Å². The minimum Gasteiger partial charge on any atom is -0.444 e. The quantitative estimate of drug-likeness (QED) is 0.835. The van der Waals surface area contributed by atoms with Crippen molar-refractivity contribution in [2.24, 2.45) is 0 Å². The number of hydrogen-bond donors (Lipinski definition) is 0. The van der Waals surface area contributed by atoms with Crippen LogP contribution in [0.3, 0.4) is 0 Å². The van der Waals surface area contributed by atoms with Crippen LogP contribution in [0.4, 0.5) is 19.4 Å². The zero-order valence-corrected chi connectivity index (χ0v) is 13.8. The largest absolute Gasteiger partial charge is 0.444 e.